The van der Waals surface area contributed by atoms with Crippen LogP contribution in [0.1, 0.15) is 50.2 Å². The molecule has 0 atom stereocenters. The summed E-state index contributed by atoms with van der Waals surface area (Å²) in [4.78, 5) is 24.5. The first-order valence-corrected chi connectivity index (χ1v) is 10.1. The molecule has 1 N–H and O–H groups in total. The molecule has 1 amide bonds. The zero-order valence-corrected chi connectivity index (χ0v) is 18.2. The third-order valence-electron chi connectivity index (χ3n) is 4.71. The summed E-state index contributed by atoms with van der Waals surface area (Å²) in [6.45, 7) is 4.24. The second-order valence-electron chi connectivity index (χ2n) is 7.14. The Morgan fingerprint density at radius 3 is 2.72 bits per heavy atom. The van der Waals surface area contributed by atoms with Gasteiger partial charge in [-0.15, -0.1) is 0 Å². The number of benzene rings is 2. The van der Waals surface area contributed by atoms with Crippen molar-refractivity contribution < 1.29 is 19.1 Å². The fourth-order valence-corrected chi connectivity index (χ4v) is 3.11. The standard InChI is InChI=1S/C24H24N4O4/c1-4-31-24(30)21-12-20(27-28(21)3)15-32-22-11-17(13-25)8-9-19(22)14-26-23(29)18-7-5-6-16(2)10-18/h5-12H,4,14-15H2,1-3H3,(H,26,29). The molecular formula is C24H24N4O4. The van der Waals surface area contributed by atoms with E-state index in [-0.39, 0.29) is 25.7 Å². The minimum absolute atomic E-state index is 0.0843. The van der Waals surface area contributed by atoms with Crippen molar-refractivity contribution in [3.05, 3.63) is 82.2 Å². The van der Waals surface area contributed by atoms with Crippen LogP contribution in [0.4, 0.5) is 0 Å². The molecule has 3 aromatic rings. The molecule has 0 saturated heterocycles. The van der Waals surface area contributed by atoms with Crippen LogP contribution in [0.15, 0.2) is 48.5 Å². The number of aromatic nitrogens is 2. The van der Waals surface area contributed by atoms with Crippen LogP contribution in [0.3, 0.4) is 0 Å². The first-order chi connectivity index (χ1) is 15.4. The van der Waals surface area contributed by atoms with Crippen LogP contribution in [0.2, 0.25) is 0 Å². The Morgan fingerprint density at radius 1 is 1.19 bits per heavy atom. The van der Waals surface area contributed by atoms with Crippen LogP contribution in [0.25, 0.3) is 0 Å². The van der Waals surface area contributed by atoms with Crippen molar-refractivity contribution in [1.29, 1.82) is 5.26 Å². The van der Waals surface area contributed by atoms with E-state index in [1.54, 1.807) is 44.3 Å². The lowest BCUT2D eigenvalue weighted by Gasteiger charge is -2.12. The van der Waals surface area contributed by atoms with Gasteiger partial charge in [-0.05, 0) is 44.2 Å². The lowest BCUT2D eigenvalue weighted by atomic mass is 10.1. The summed E-state index contributed by atoms with van der Waals surface area (Å²) >= 11 is 0. The Hall–Kier alpha value is -4.12. The number of esters is 1. The van der Waals surface area contributed by atoms with Gasteiger partial charge in [0.15, 0.2) is 0 Å². The summed E-state index contributed by atoms with van der Waals surface area (Å²) in [7, 11) is 1.65. The summed E-state index contributed by atoms with van der Waals surface area (Å²) in [5.74, 6) is -0.204. The van der Waals surface area contributed by atoms with Gasteiger partial charge in [0.25, 0.3) is 5.91 Å². The number of nitrogens with zero attached hydrogens (tertiary/aromatic N) is 3. The van der Waals surface area contributed by atoms with Crippen LogP contribution in [-0.2, 0) is 24.9 Å². The van der Waals surface area contributed by atoms with Gasteiger partial charge in [0.05, 0.1) is 18.2 Å². The van der Waals surface area contributed by atoms with E-state index in [9.17, 15) is 14.9 Å². The van der Waals surface area contributed by atoms with Crippen molar-refractivity contribution in [2.75, 3.05) is 6.61 Å². The van der Waals surface area contributed by atoms with Gasteiger partial charge in [0, 0.05) is 24.7 Å². The van der Waals surface area contributed by atoms with Gasteiger partial charge in [0.2, 0.25) is 0 Å². The molecule has 0 saturated carbocycles. The molecule has 8 heteroatoms. The summed E-state index contributed by atoms with van der Waals surface area (Å²) in [6, 6.07) is 16.0. The lowest BCUT2D eigenvalue weighted by molar-refractivity contribution is 0.0513. The molecular weight excluding hydrogens is 408 g/mol. The topological polar surface area (TPSA) is 106 Å². The van der Waals surface area contributed by atoms with E-state index >= 15 is 0 Å². The number of nitriles is 1. The fourth-order valence-electron chi connectivity index (χ4n) is 3.11. The molecule has 0 radical (unpaired) electrons. The number of amides is 1. The molecule has 0 bridgehead atoms. The molecule has 8 nitrogen and oxygen atoms in total. The second-order valence-corrected chi connectivity index (χ2v) is 7.14. The number of hydrogen-bond donors (Lipinski definition) is 1. The lowest BCUT2D eigenvalue weighted by Crippen LogP contribution is -2.23. The van der Waals surface area contributed by atoms with Crippen LogP contribution in [0.5, 0.6) is 5.75 Å². The van der Waals surface area contributed by atoms with E-state index in [0.29, 0.717) is 33.8 Å². The van der Waals surface area contributed by atoms with Crippen molar-refractivity contribution in [3.63, 3.8) is 0 Å². The van der Waals surface area contributed by atoms with Crippen molar-refractivity contribution in [1.82, 2.24) is 15.1 Å². The third-order valence-corrected chi connectivity index (χ3v) is 4.71. The van der Waals surface area contributed by atoms with Crippen LogP contribution in [-0.4, -0.2) is 28.3 Å². The quantitative estimate of drug-likeness (QED) is 0.548. The predicted molar refractivity (Wildman–Crippen MR) is 117 cm³/mol. The average Bonchev–Trinajstić information content (AvgIpc) is 3.17. The normalized spacial score (nSPS) is 10.3. The third kappa shape index (κ3) is 5.52. The van der Waals surface area contributed by atoms with E-state index in [4.69, 9.17) is 9.47 Å². The number of ether oxygens (including phenoxy) is 2. The maximum Gasteiger partial charge on any atom is 0.356 e. The molecule has 0 aliphatic carbocycles. The Kier molecular flexibility index (Phi) is 7.24. The fraction of sp³-hybridized carbons (Fsp3) is 0.250. The van der Waals surface area contributed by atoms with Gasteiger partial charge < -0.3 is 14.8 Å². The van der Waals surface area contributed by atoms with Gasteiger partial charge in [-0.3, -0.25) is 9.48 Å². The largest absolute Gasteiger partial charge is 0.487 e. The van der Waals surface area contributed by atoms with E-state index in [1.807, 2.05) is 25.1 Å². The maximum atomic E-state index is 12.5. The smallest absolute Gasteiger partial charge is 0.356 e. The van der Waals surface area contributed by atoms with Crippen molar-refractivity contribution >= 4 is 11.9 Å². The summed E-state index contributed by atoms with van der Waals surface area (Å²) in [5.41, 5.74) is 3.57. The summed E-state index contributed by atoms with van der Waals surface area (Å²) < 4.78 is 12.4. The zero-order chi connectivity index (χ0) is 23.1. The van der Waals surface area contributed by atoms with Crippen LogP contribution >= 0.6 is 0 Å². The number of carbonyl (C=O) groups excluding carboxylic acids is 2. The van der Waals surface area contributed by atoms with Crippen LogP contribution < -0.4 is 10.1 Å². The first kappa shape index (κ1) is 22.6. The zero-order valence-electron chi connectivity index (χ0n) is 18.2. The second kappa shape index (κ2) is 10.3. The first-order valence-electron chi connectivity index (χ1n) is 10.1. The molecule has 0 unspecified atom stereocenters. The highest BCUT2D eigenvalue weighted by atomic mass is 16.5. The van der Waals surface area contributed by atoms with Gasteiger partial charge in [-0.25, -0.2) is 4.79 Å². The number of hydrogen-bond acceptors (Lipinski definition) is 6. The average molecular weight is 432 g/mol. The Morgan fingerprint density at radius 2 is 2.00 bits per heavy atom. The van der Waals surface area contributed by atoms with Crippen LogP contribution in [0, 0.1) is 18.3 Å². The van der Waals surface area contributed by atoms with Crippen molar-refractivity contribution in [2.24, 2.45) is 7.05 Å². The number of rotatable bonds is 8. The Balaban J connectivity index is 1.72. The maximum absolute atomic E-state index is 12.5. The highest BCUT2D eigenvalue weighted by Crippen LogP contribution is 2.22. The highest BCUT2D eigenvalue weighted by Gasteiger charge is 2.15. The molecule has 0 aliphatic heterocycles. The van der Waals surface area contributed by atoms with Crippen molar-refractivity contribution in [3.8, 4) is 11.8 Å². The van der Waals surface area contributed by atoms with E-state index in [1.165, 1.54) is 4.68 Å². The van der Waals surface area contributed by atoms with E-state index in [2.05, 4.69) is 16.5 Å². The molecule has 2 aromatic carbocycles. The monoisotopic (exact) mass is 432 g/mol. The van der Waals surface area contributed by atoms with Crippen molar-refractivity contribution in [2.45, 2.75) is 27.0 Å². The number of carbonyl (C=O) groups is 2. The highest BCUT2D eigenvalue weighted by molar-refractivity contribution is 5.94. The van der Waals surface area contributed by atoms with Gasteiger partial charge in [0.1, 0.15) is 23.7 Å². The van der Waals surface area contributed by atoms with E-state index in [0.717, 1.165) is 5.56 Å². The molecule has 1 heterocycles. The number of nitrogens with one attached hydrogen (secondary N) is 1. The summed E-state index contributed by atoms with van der Waals surface area (Å²) in [5, 5.41) is 16.4. The minimum Gasteiger partial charge on any atom is -0.487 e. The summed E-state index contributed by atoms with van der Waals surface area (Å²) in [6.07, 6.45) is 0. The molecule has 0 spiro atoms. The molecule has 32 heavy (non-hydrogen) atoms. The molecule has 0 aliphatic rings. The Bertz CT molecular complexity index is 1180. The van der Waals surface area contributed by atoms with Gasteiger partial charge in [-0.1, -0.05) is 23.8 Å². The minimum atomic E-state index is -0.459. The molecule has 1 aromatic heterocycles. The number of aryl methyl sites for hydroxylation is 2. The molecule has 3 rings (SSSR count). The van der Waals surface area contributed by atoms with Gasteiger partial charge in [-0.2, -0.15) is 10.4 Å². The van der Waals surface area contributed by atoms with E-state index < -0.39 is 5.97 Å². The predicted octanol–water partition coefficient (Wildman–Crippen LogP) is 3.29. The molecule has 164 valence electrons. The Labute approximate surface area is 186 Å². The van der Waals surface area contributed by atoms with Gasteiger partial charge >= 0.3 is 5.97 Å². The SMILES string of the molecule is CCOC(=O)c1cc(COc2cc(C#N)ccc2CNC(=O)c2cccc(C)c2)nn1C. The molecule has 0 fully saturated rings.